The third kappa shape index (κ3) is 2.75. The van der Waals surface area contributed by atoms with Crippen LogP contribution in [0, 0.1) is 0 Å². The summed E-state index contributed by atoms with van der Waals surface area (Å²) in [7, 11) is 0. The molecule has 7 heteroatoms. The molecule has 0 amide bonds. The van der Waals surface area contributed by atoms with Crippen LogP contribution in [-0.2, 0) is 6.54 Å². The number of H-pyrrole nitrogens is 1. The maximum Gasteiger partial charge on any atom is 0.328 e. The molecular weight excluding hydrogens is 246 g/mol. The average Bonchev–Trinajstić information content (AvgIpc) is 2.83. The fourth-order valence-electron chi connectivity index (χ4n) is 1.71. The zero-order valence-electron chi connectivity index (χ0n) is 11.0. The summed E-state index contributed by atoms with van der Waals surface area (Å²) < 4.78 is 3.19. The SMILES string of the molecule is CCC(C)n1ccc(Cn2cc(N)c(=O)[nH]c2=O)n1. The van der Waals surface area contributed by atoms with Gasteiger partial charge in [0.1, 0.15) is 5.69 Å². The number of anilines is 1. The number of nitrogens with one attached hydrogen (secondary N) is 1. The van der Waals surface area contributed by atoms with Crippen molar-refractivity contribution in [2.45, 2.75) is 32.9 Å². The molecular formula is C12H17N5O2. The maximum absolute atomic E-state index is 11.6. The minimum atomic E-state index is -0.564. The topological polar surface area (TPSA) is 98.7 Å². The van der Waals surface area contributed by atoms with Crippen LogP contribution in [-0.4, -0.2) is 19.3 Å². The first kappa shape index (κ1) is 13.1. The zero-order chi connectivity index (χ0) is 14.0. The highest BCUT2D eigenvalue weighted by atomic mass is 16.2. The molecule has 0 aliphatic rings. The molecule has 0 saturated heterocycles. The highest BCUT2D eigenvalue weighted by molar-refractivity contribution is 5.30. The van der Waals surface area contributed by atoms with Crippen molar-refractivity contribution in [2.75, 3.05) is 5.73 Å². The maximum atomic E-state index is 11.6. The first-order valence-electron chi connectivity index (χ1n) is 6.14. The molecule has 3 N–H and O–H groups in total. The Morgan fingerprint density at radius 3 is 2.89 bits per heavy atom. The van der Waals surface area contributed by atoms with E-state index in [0.717, 1.165) is 12.1 Å². The molecule has 0 aliphatic heterocycles. The monoisotopic (exact) mass is 263 g/mol. The number of nitrogen functional groups attached to an aromatic ring is 1. The van der Waals surface area contributed by atoms with Gasteiger partial charge in [-0.15, -0.1) is 0 Å². The third-order valence-corrected chi connectivity index (χ3v) is 3.08. The van der Waals surface area contributed by atoms with E-state index >= 15 is 0 Å². The van der Waals surface area contributed by atoms with E-state index in [0.29, 0.717) is 6.04 Å². The quantitative estimate of drug-likeness (QED) is 0.830. The van der Waals surface area contributed by atoms with Crippen molar-refractivity contribution >= 4 is 5.69 Å². The van der Waals surface area contributed by atoms with Crippen molar-refractivity contribution < 1.29 is 0 Å². The minimum absolute atomic E-state index is 0.0148. The van der Waals surface area contributed by atoms with Crippen LogP contribution in [0.1, 0.15) is 32.0 Å². The smallest absolute Gasteiger partial charge is 0.328 e. The minimum Gasteiger partial charge on any atom is -0.393 e. The summed E-state index contributed by atoms with van der Waals surface area (Å²) in [6, 6.07) is 2.16. The van der Waals surface area contributed by atoms with Gasteiger partial charge in [-0.05, 0) is 19.4 Å². The van der Waals surface area contributed by atoms with Crippen LogP contribution in [0.25, 0.3) is 0 Å². The first-order valence-corrected chi connectivity index (χ1v) is 6.14. The van der Waals surface area contributed by atoms with Crippen LogP contribution in [0.2, 0.25) is 0 Å². The van der Waals surface area contributed by atoms with E-state index in [4.69, 9.17) is 5.73 Å². The fraction of sp³-hybridized carbons (Fsp3) is 0.417. The molecule has 0 aromatic carbocycles. The number of aromatic amines is 1. The second-order valence-electron chi connectivity index (χ2n) is 4.52. The van der Waals surface area contributed by atoms with E-state index in [1.807, 2.05) is 16.9 Å². The van der Waals surface area contributed by atoms with Gasteiger partial charge in [0.2, 0.25) is 0 Å². The number of hydrogen-bond donors (Lipinski definition) is 2. The van der Waals surface area contributed by atoms with E-state index in [9.17, 15) is 9.59 Å². The normalized spacial score (nSPS) is 12.5. The Bertz CT molecular complexity index is 682. The standard InChI is InChI=1S/C12H17N5O2/c1-3-8(2)17-5-4-9(15-17)6-16-7-10(13)11(18)14-12(16)19/h4-5,7-8H,3,6,13H2,1-2H3,(H,14,18,19). The van der Waals surface area contributed by atoms with Crippen LogP contribution in [0.15, 0.2) is 28.0 Å². The Labute approximate surface area is 109 Å². The van der Waals surface area contributed by atoms with Gasteiger partial charge in [0.05, 0.1) is 12.2 Å². The van der Waals surface area contributed by atoms with Crippen molar-refractivity contribution in [3.05, 3.63) is 45.0 Å². The van der Waals surface area contributed by atoms with Gasteiger partial charge in [0.25, 0.3) is 5.56 Å². The molecule has 2 aromatic rings. The fourth-order valence-corrected chi connectivity index (χ4v) is 1.71. The molecule has 0 aliphatic carbocycles. The van der Waals surface area contributed by atoms with Gasteiger partial charge in [0.15, 0.2) is 0 Å². The Hall–Kier alpha value is -2.31. The van der Waals surface area contributed by atoms with E-state index in [2.05, 4.69) is 23.9 Å². The summed E-state index contributed by atoms with van der Waals surface area (Å²) in [5, 5.41) is 4.39. The molecule has 0 fully saturated rings. The second kappa shape index (κ2) is 5.13. The predicted octanol–water partition coefficient (Wildman–Crippen LogP) is 0.335. The van der Waals surface area contributed by atoms with Crippen molar-refractivity contribution in [1.29, 1.82) is 0 Å². The lowest BCUT2D eigenvalue weighted by molar-refractivity contribution is 0.471. The third-order valence-electron chi connectivity index (χ3n) is 3.08. The average molecular weight is 263 g/mol. The molecule has 2 aromatic heterocycles. The van der Waals surface area contributed by atoms with Gasteiger partial charge >= 0.3 is 5.69 Å². The van der Waals surface area contributed by atoms with E-state index < -0.39 is 11.2 Å². The van der Waals surface area contributed by atoms with Gasteiger partial charge in [-0.3, -0.25) is 19.0 Å². The Balaban J connectivity index is 2.27. The van der Waals surface area contributed by atoms with E-state index in [1.54, 1.807) is 0 Å². The van der Waals surface area contributed by atoms with Gasteiger partial charge in [0, 0.05) is 18.4 Å². The van der Waals surface area contributed by atoms with Gasteiger partial charge in [-0.1, -0.05) is 6.92 Å². The number of aromatic nitrogens is 4. The van der Waals surface area contributed by atoms with E-state index in [-0.39, 0.29) is 12.2 Å². The highest BCUT2D eigenvalue weighted by Crippen LogP contribution is 2.09. The van der Waals surface area contributed by atoms with Crippen LogP contribution in [0.3, 0.4) is 0 Å². The zero-order valence-corrected chi connectivity index (χ0v) is 11.0. The Morgan fingerprint density at radius 1 is 1.47 bits per heavy atom. The molecule has 7 nitrogen and oxygen atoms in total. The molecule has 2 rings (SSSR count). The summed E-state index contributed by atoms with van der Waals surface area (Å²) in [5.41, 5.74) is 5.20. The number of nitrogens with zero attached hydrogens (tertiary/aromatic N) is 3. The summed E-state index contributed by atoms with van der Waals surface area (Å²) in [5.74, 6) is 0. The first-order chi connectivity index (χ1) is 9.01. The van der Waals surface area contributed by atoms with Crippen molar-refractivity contribution in [3.63, 3.8) is 0 Å². The van der Waals surface area contributed by atoms with Crippen LogP contribution in [0.4, 0.5) is 5.69 Å². The number of nitrogens with two attached hydrogens (primary N) is 1. The molecule has 0 spiro atoms. The summed E-state index contributed by atoms with van der Waals surface area (Å²) in [6.45, 7) is 4.43. The van der Waals surface area contributed by atoms with Gasteiger partial charge in [-0.2, -0.15) is 5.10 Å². The number of hydrogen-bond acceptors (Lipinski definition) is 4. The summed E-state index contributed by atoms with van der Waals surface area (Å²) in [4.78, 5) is 24.9. The van der Waals surface area contributed by atoms with E-state index in [1.165, 1.54) is 10.8 Å². The molecule has 19 heavy (non-hydrogen) atoms. The molecule has 0 bridgehead atoms. The highest BCUT2D eigenvalue weighted by Gasteiger charge is 2.07. The van der Waals surface area contributed by atoms with Crippen molar-refractivity contribution in [3.8, 4) is 0 Å². The molecule has 2 heterocycles. The van der Waals surface area contributed by atoms with Gasteiger partial charge < -0.3 is 5.73 Å². The summed E-state index contributed by atoms with van der Waals surface area (Å²) >= 11 is 0. The molecule has 0 saturated carbocycles. The lowest BCUT2D eigenvalue weighted by Crippen LogP contribution is -2.31. The molecule has 0 radical (unpaired) electrons. The van der Waals surface area contributed by atoms with Crippen LogP contribution < -0.4 is 17.0 Å². The molecule has 1 atom stereocenters. The van der Waals surface area contributed by atoms with Crippen LogP contribution >= 0.6 is 0 Å². The Morgan fingerprint density at radius 2 is 2.21 bits per heavy atom. The lowest BCUT2D eigenvalue weighted by Gasteiger charge is -2.08. The summed E-state index contributed by atoms with van der Waals surface area (Å²) in [6.07, 6.45) is 4.19. The second-order valence-corrected chi connectivity index (χ2v) is 4.52. The van der Waals surface area contributed by atoms with Crippen molar-refractivity contribution in [1.82, 2.24) is 19.3 Å². The van der Waals surface area contributed by atoms with Crippen molar-refractivity contribution in [2.24, 2.45) is 0 Å². The van der Waals surface area contributed by atoms with Gasteiger partial charge in [-0.25, -0.2) is 4.79 Å². The Kier molecular flexibility index (Phi) is 3.55. The molecule has 102 valence electrons. The number of rotatable bonds is 4. The molecule has 1 unspecified atom stereocenters. The predicted molar refractivity (Wildman–Crippen MR) is 72.1 cm³/mol. The lowest BCUT2D eigenvalue weighted by atomic mass is 10.3. The van der Waals surface area contributed by atoms with Crippen LogP contribution in [0.5, 0.6) is 0 Å². The largest absolute Gasteiger partial charge is 0.393 e.